The van der Waals surface area contributed by atoms with Gasteiger partial charge in [0.25, 0.3) is 0 Å². The van der Waals surface area contributed by atoms with Crippen molar-refractivity contribution in [2.45, 2.75) is 6.42 Å². The maximum absolute atomic E-state index is 12.0. The Morgan fingerprint density at radius 2 is 2.00 bits per heavy atom. The average molecular weight is 193 g/mol. The molecular weight excluding hydrogens is 181 g/mol. The highest BCUT2D eigenvalue weighted by molar-refractivity contribution is 5.67. The van der Waals surface area contributed by atoms with Gasteiger partial charge in [0.2, 0.25) is 0 Å². The van der Waals surface area contributed by atoms with Gasteiger partial charge in [-0.25, -0.2) is 5.54 Å². The molecule has 1 N–H and O–H groups in total. The third-order valence-electron chi connectivity index (χ3n) is 2.33. The Bertz CT molecular complexity index is 332. The van der Waals surface area contributed by atoms with Crippen molar-refractivity contribution in [1.29, 1.82) is 0 Å². The van der Waals surface area contributed by atoms with E-state index in [0.717, 1.165) is 18.6 Å². The molecule has 1 aliphatic heterocycles. The van der Waals surface area contributed by atoms with Crippen LogP contribution in [-0.2, 0) is 4.74 Å². The van der Waals surface area contributed by atoms with Crippen molar-refractivity contribution in [1.82, 2.24) is 0 Å². The van der Waals surface area contributed by atoms with E-state index >= 15 is 0 Å². The highest BCUT2D eigenvalue weighted by Crippen LogP contribution is 2.22. The van der Waals surface area contributed by atoms with Gasteiger partial charge < -0.3 is 4.74 Å². The third-order valence-corrected chi connectivity index (χ3v) is 2.33. The van der Waals surface area contributed by atoms with E-state index in [4.69, 9.17) is 4.74 Å². The van der Waals surface area contributed by atoms with Crippen LogP contribution in [0.3, 0.4) is 0 Å². The summed E-state index contributed by atoms with van der Waals surface area (Å²) in [5, 5.41) is 0. The number of hydrogen-bond donors (Lipinski definition) is 1. The lowest BCUT2D eigenvalue weighted by Crippen LogP contribution is -2.03. The molecule has 0 fully saturated rings. The van der Waals surface area contributed by atoms with E-state index in [9.17, 15) is 4.48 Å². The summed E-state index contributed by atoms with van der Waals surface area (Å²) in [6, 6.07) is 7.29. The number of hydrogen-bond acceptors (Lipinski definition) is 2. The molecule has 0 saturated heterocycles. The van der Waals surface area contributed by atoms with Crippen LogP contribution < -0.4 is 5.54 Å². The lowest BCUT2D eigenvalue weighted by atomic mass is 10.0. The Hall–Kier alpha value is -1.35. The molecule has 2 rings (SSSR count). The fourth-order valence-electron chi connectivity index (χ4n) is 1.54. The van der Waals surface area contributed by atoms with Crippen molar-refractivity contribution < 1.29 is 9.22 Å². The Balaban J connectivity index is 2.19. The molecule has 0 aliphatic carbocycles. The fourth-order valence-corrected chi connectivity index (χ4v) is 1.54. The molecular formula is C11H12FNO. The predicted molar refractivity (Wildman–Crippen MR) is 54.6 cm³/mol. The van der Waals surface area contributed by atoms with Crippen molar-refractivity contribution in [3.05, 3.63) is 35.9 Å². The lowest BCUT2D eigenvalue weighted by Gasteiger charge is -2.13. The zero-order valence-electron chi connectivity index (χ0n) is 7.79. The second kappa shape index (κ2) is 4.24. The standard InChI is InChI=1S/C11H12FNO/c12-13-11-3-1-9(2-4-11)10-5-7-14-8-6-10/h1-5,13H,6-8H2. The molecule has 0 unspecified atom stereocenters. The highest BCUT2D eigenvalue weighted by Gasteiger charge is 2.05. The normalized spacial score (nSPS) is 16.2. The average Bonchev–Trinajstić information content (AvgIpc) is 2.30. The van der Waals surface area contributed by atoms with Gasteiger partial charge in [-0.3, -0.25) is 0 Å². The van der Waals surface area contributed by atoms with Crippen LogP contribution in [0.25, 0.3) is 5.57 Å². The molecule has 1 aromatic rings. The third kappa shape index (κ3) is 1.93. The molecule has 1 heterocycles. The van der Waals surface area contributed by atoms with Crippen molar-refractivity contribution in [2.75, 3.05) is 18.8 Å². The summed E-state index contributed by atoms with van der Waals surface area (Å²) in [5.41, 5.74) is 4.53. The summed E-state index contributed by atoms with van der Waals surface area (Å²) in [6.07, 6.45) is 3.00. The molecule has 0 saturated carbocycles. The smallest absolute Gasteiger partial charge is 0.0656 e. The zero-order chi connectivity index (χ0) is 9.80. The minimum absolute atomic E-state index is 0.487. The van der Waals surface area contributed by atoms with Crippen molar-refractivity contribution in [2.24, 2.45) is 0 Å². The molecule has 0 atom stereocenters. The maximum atomic E-state index is 12.0. The first-order valence-corrected chi connectivity index (χ1v) is 4.64. The molecule has 2 nitrogen and oxygen atoms in total. The van der Waals surface area contributed by atoms with Gasteiger partial charge in [-0.05, 0) is 29.7 Å². The van der Waals surface area contributed by atoms with E-state index in [1.165, 1.54) is 5.57 Å². The Labute approximate surface area is 82.3 Å². The highest BCUT2D eigenvalue weighted by atomic mass is 19.2. The van der Waals surface area contributed by atoms with Gasteiger partial charge in [-0.15, -0.1) is 4.48 Å². The molecule has 74 valence electrons. The van der Waals surface area contributed by atoms with Gasteiger partial charge in [-0.1, -0.05) is 18.2 Å². The summed E-state index contributed by atoms with van der Waals surface area (Å²) in [6.45, 7) is 1.45. The Morgan fingerprint density at radius 3 is 2.57 bits per heavy atom. The maximum Gasteiger partial charge on any atom is 0.0656 e. The van der Waals surface area contributed by atoms with E-state index in [1.807, 2.05) is 12.1 Å². The summed E-state index contributed by atoms with van der Waals surface area (Å²) < 4.78 is 17.2. The van der Waals surface area contributed by atoms with Crippen molar-refractivity contribution in [3.63, 3.8) is 0 Å². The molecule has 0 bridgehead atoms. The van der Waals surface area contributed by atoms with Gasteiger partial charge >= 0.3 is 0 Å². The van der Waals surface area contributed by atoms with Crippen LogP contribution in [0.1, 0.15) is 12.0 Å². The lowest BCUT2D eigenvalue weighted by molar-refractivity contribution is 0.161. The van der Waals surface area contributed by atoms with E-state index in [2.05, 4.69) is 6.08 Å². The molecule has 0 amide bonds. The zero-order valence-corrected chi connectivity index (χ0v) is 7.79. The molecule has 1 aliphatic rings. The fraction of sp³-hybridized carbons (Fsp3) is 0.273. The number of benzene rings is 1. The number of rotatable bonds is 2. The summed E-state index contributed by atoms with van der Waals surface area (Å²) in [4.78, 5) is 0. The number of halogens is 1. The molecule has 0 aromatic heterocycles. The summed E-state index contributed by atoms with van der Waals surface area (Å²) in [7, 11) is 0. The Kier molecular flexibility index (Phi) is 2.79. The number of ether oxygens (including phenoxy) is 1. The van der Waals surface area contributed by atoms with Crippen LogP contribution in [-0.4, -0.2) is 13.2 Å². The first-order valence-electron chi connectivity index (χ1n) is 4.64. The van der Waals surface area contributed by atoms with Gasteiger partial charge in [0, 0.05) is 0 Å². The second-order valence-electron chi connectivity index (χ2n) is 3.23. The molecule has 3 heteroatoms. The van der Waals surface area contributed by atoms with Crippen LogP contribution in [0, 0.1) is 0 Å². The largest absolute Gasteiger partial charge is 0.377 e. The SMILES string of the molecule is FNc1ccc(C2=CCOCC2)cc1. The van der Waals surface area contributed by atoms with Gasteiger partial charge in [0.05, 0.1) is 18.9 Å². The monoisotopic (exact) mass is 193 g/mol. The molecule has 14 heavy (non-hydrogen) atoms. The minimum Gasteiger partial charge on any atom is -0.377 e. The van der Waals surface area contributed by atoms with E-state index < -0.39 is 0 Å². The van der Waals surface area contributed by atoms with Crippen LogP contribution in [0.4, 0.5) is 10.2 Å². The first kappa shape index (κ1) is 9.21. The quantitative estimate of drug-likeness (QED) is 0.729. The summed E-state index contributed by atoms with van der Waals surface area (Å²) in [5.74, 6) is 0. The van der Waals surface area contributed by atoms with Crippen molar-refractivity contribution >= 4 is 11.3 Å². The molecule has 1 aromatic carbocycles. The minimum atomic E-state index is 0.487. The van der Waals surface area contributed by atoms with Crippen molar-refractivity contribution in [3.8, 4) is 0 Å². The number of nitrogens with one attached hydrogen (secondary N) is 1. The topological polar surface area (TPSA) is 21.3 Å². The van der Waals surface area contributed by atoms with Crippen LogP contribution >= 0.6 is 0 Å². The second-order valence-corrected chi connectivity index (χ2v) is 3.23. The van der Waals surface area contributed by atoms with Gasteiger partial charge in [-0.2, -0.15) is 0 Å². The van der Waals surface area contributed by atoms with Crippen LogP contribution in [0.5, 0.6) is 0 Å². The predicted octanol–water partition coefficient (Wildman–Crippen LogP) is 2.79. The van der Waals surface area contributed by atoms with Gasteiger partial charge in [0.1, 0.15) is 0 Å². The van der Waals surface area contributed by atoms with Crippen LogP contribution in [0.15, 0.2) is 30.3 Å². The molecule has 0 radical (unpaired) electrons. The molecule has 0 spiro atoms. The van der Waals surface area contributed by atoms with E-state index in [0.29, 0.717) is 12.3 Å². The van der Waals surface area contributed by atoms with E-state index in [-0.39, 0.29) is 0 Å². The van der Waals surface area contributed by atoms with Crippen LogP contribution in [0.2, 0.25) is 0 Å². The number of anilines is 1. The Morgan fingerprint density at radius 1 is 1.21 bits per heavy atom. The van der Waals surface area contributed by atoms with Gasteiger partial charge in [0.15, 0.2) is 0 Å². The first-order chi connectivity index (χ1) is 6.90. The van der Waals surface area contributed by atoms with E-state index in [1.54, 1.807) is 17.7 Å². The summed E-state index contributed by atoms with van der Waals surface area (Å²) >= 11 is 0.